The van der Waals surface area contributed by atoms with Gasteiger partial charge in [0.2, 0.25) is 5.56 Å². The van der Waals surface area contributed by atoms with Crippen LogP contribution in [0.5, 0.6) is 0 Å². The minimum Gasteiger partial charge on any atom is -0.392 e. The minimum atomic E-state index is -0.179. The highest BCUT2D eigenvalue weighted by Crippen LogP contribution is 2.22. The van der Waals surface area contributed by atoms with Gasteiger partial charge in [0.15, 0.2) is 0 Å². The predicted octanol–water partition coefficient (Wildman–Crippen LogP) is 3.07. The van der Waals surface area contributed by atoms with Crippen molar-refractivity contribution in [1.82, 2.24) is 14.5 Å². The van der Waals surface area contributed by atoms with Gasteiger partial charge in [0.05, 0.1) is 28.2 Å². The molecule has 0 fully saturated rings. The molecule has 4 rings (SSSR count). The Balaban J connectivity index is 1.80. The van der Waals surface area contributed by atoms with Crippen LogP contribution in [0.3, 0.4) is 0 Å². The maximum atomic E-state index is 11.5. The zero-order valence-electron chi connectivity index (χ0n) is 12.7. The van der Waals surface area contributed by atoms with Crippen molar-refractivity contribution in [1.29, 1.82) is 0 Å². The predicted molar refractivity (Wildman–Crippen MR) is 94.3 cm³/mol. The van der Waals surface area contributed by atoms with E-state index < -0.39 is 0 Å². The summed E-state index contributed by atoms with van der Waals surface area (Å²) < 4.78 is 2.01. The molecule has 0 aliphatic carbocycles. The Morgan fingerprint density at radius 3 is 2.92 bits per heavy atom. The molecule has 24 heavy (non-hydrogen) atoms. The van der Waals surface area contributed by atoms with Gasteiger partial charge in [-0.3, -0.25) is 9.78 Å². The lowest BCUT2D eigenvalue weighted by Crippen LogP contribution is -2.04. The van der Waals surface area contributed by atoms with Gasteiger partial charge in [0.25, 0.3) is 0 Å². The molecule has 0 radical (unpaired) electrons. The number of aromatic amines is 1. The number of hydrogen-bond donors (Lipinski definition) is 2. The molecule has 0 saturated carbocycles. The molecule has 2 N–H and O–H groups in total. The van der Waals surface area contributed by atoms with Crippen LogP contribution in [0.25, 0.3) is 21.9 Å². The average Bonchev–Trinajstić information content (AvgIpc) is 2.91. The van der Waals surface area contributed by atoms with Crippen LogP contribution in [0.1, 0.15) is 11.1 Å². The summed E-state index contributed by atoms with van der Waals surface area (Å²) in [5.41, 5.74) is 4.05. The first-order chi connectivity index (χ1) is 11.6. The summed E-state index contributed by atoms with van der Waals surface area (Å²) >= 11 is 6.02. The van der Waals surface area contributed by atoms with E-state index in [0.29, 0.717) is 22.6 Å². The molecule has 1 aromatic carbocycles. The van der Waals surface area contributed by atoms with Crippen molar-refractivity contribution in [2.45, 2.75) is 13.2 Å². The number of halogens is 1. The molecule has 120 valence electrons. The first-order valence-electron chi connectivity index (χ1n) is 7.50. The lowest BCUT2D eigenvalue weighted by Gasteiger charge is -2.07. The van der Waals surface area contributed by atoms with Crippen LogP contribution in [0.4, 0.5) is 0 Å². The first-order valence-corrected chi connectivity index (χ1v) is 7.88. The molecule has 6 heteroatoms. The number of hydrogen-bond acceptors (Lipinski definition) is 3. The third-order valence-corrected chi connectivity index (χ3v) is 4.28. The Labute approximate surface area is 142 Å². The molecule has 3 aromatic heterocycles. The molecule has 0 unspecified atom stereocenters. The third-order valence-electron chi connectivity index (χ3n) is 4.07. The second kappa shape index (κ2) is 5.78. The molecule has 3 heterocycles. The molecule has 0 bridgehead atoms. The van der Waals surface area contributed by atoms with Crippen LogP contribution < -0.4 is 5.56 Å². The molecule has 0 spiro atoms. The maximum absolute atomic E-state index is 11.5. The topological polar surface area (TPSA) is 70.9 Å². The van der Waals surface area contributed by atoms with E-state index in [1.807, 2.05) is 35.0 Å². The highest BCUT2D eigenvalue weighted by molar-refractivity contribution is 6.31. The van der Waals surface area contributed by atoms with Gasteiger partial charge >= 0.3 is 0 Å². The van der Waals surface area contributed by atoms with Gasteiger partial charge in [-0.1, -0.05) is 17.7 Å². The Morgan fingerprint density at radius 2 is 2.08 bits per heavy atom. The molecule has 5 nitrogen and oxygen atoms in total. The van der Waals surface area contributed by atoms with Gasteiger partial charge in [-0.25, -0.2) is 0 Å². The van der Waals surface area contributed by atoms with Crippen molar-refractivity contribution in [2.75, 3.05) is 0 Å². The second-order valence-corrected chi connectivity index (χ2v) is 6.14. The SMILES string of the molecule is O=c1ccc2c([nH]1)c(CO)cn2Cc1ccc2ncc(Cl)cc2c1. The van der Waals surface area contributed by atoms with Gasteiger partial charge < -0.3 is 14.7 Å². The van der Waals surface area contributed by atoms with Crippen LogP contribution in [0, 0.1) is 0 Å². The number of rotatable bonds is 3. The minimum absolute atomic E-state index is 0.124. The number of H-pyrrole nitrogens is 1. The lowest BCUT2D eigenvalue weighted by molar-refractivity contribution is 0.283. The summed E-state index contributed by atoms with van der Waals surface area (Å²) in [6, 6.07) is 11.2. The number of pyridine rings is 2. The van der Waals surface area contributed by atoms with E-state index in [1.165, 1.54) is 6.07 Å². The van der Waals surface area contributed by atoms with Gasteiger partial charge in [-0.15, -0.1) is 0 Å². The molecule has 0 aliphatic heterocycles. The van der Waals surface area contributed by atoms with Crippen LogP contribution in [-0.4, -0.2) is 19.6 Å². The van der Waals surface area contributed by atoms with E-state index in [9.17, 15) is 9.90 Å². The summed E-state index contributed by atoms with van der Waals surface area (Å²) in [6.07, 6.45) is 3.49. The highest BCUT2D eigenvalue weighted by atomic mass is 35.5. The molecule has 0 aliphatic rings. The largest absolute Gasteiger partial charge is 0.392 e. The van der Waals surface area contributed by atoms with Crippen LogP contribution in [-0.2, 0) is 13.2 Å². The zero-order chi connectivity index (χ0) is 16.7. The van der Waals surface area contributed by atoms with Gasteiger partial charge in [-0.2, -0.15) is 0 Å². The van der Waals surface area contributed by atoms with E-state index in [2.05, 4.69) is 9.97 Å². The standard InChI is InChI=1S/C18H14ClN3O2/c19-14-6-12-5-11(1-2-15(12)20-7-14)8-22-9-13(10-23)18-16(22)3-4-17(24)21-18/h1-7,9,23H,8,10H2,(H,21,24). The number of nitrogens with one attached hydrogen (secondary N) is 1. The Morgan fingerprint density at radius 1 is 1.21 bits per heavy atom. The van der Waals surface area contributed by atoms with Crippen molar-refractivity contribution in [3.05, 3.63) is 75.3 Å². The Kier molecular flexibility index (Phi) is 3.59. The normalized spacial score (nSPS) is 11.4. The molecule has 0 atom stereocenters. The molecule has 0 amide bonds. The number of nitrogens with zero attached hydrogens (tertiary/aromatic N) is 2. The van der Waals surface area contributed by atoms with E-state index in [4.69, 9.17) is 11.6 Å². The van der Waals surface area contributed by atoms with Crippen molar-refractivity contribution in [2.24, 2.45) is 0 Å². The van der Waals surface area contributed by atoms with Gasteiger partial charge in [0.1, 0.15) is 0 Å². The fourth-order valence-electron chi connectivity index (χ4n) is 2.97. The fourth-order valence-corrected chi connectivity index (χ4v) is 3.14. The summed E-state index contributed by atoms with van der Waals surface area (Å²) in [7, 11) is 0. The summed E-state index contributed by atoms with van der Waals surface area (Å²) in [4.78, 5) is 18.6. The average molecular weight is 340 g/mol. The summed E-state index contributed by atoms with van der Waals surface area (Å²) in [5.74, 6) is 0. The Bertz CT molecular complexity index is 1110. The zero-order valence-corrected chi connectivity index (χ0v) is 13.4. The number of aromatic nitrogens is 3. The fraction of sp³-hybridized carbons (Fsp3) is 0.111. The number of fused-ring (bicyclic) bond motifs is 2. The quantitative estimate of drug-likeness (QED) is 0.602. The van der Waals surface area contributed by atoms with Crippen molar-refractivity contribution < 1.29 is 5.11 Å². The second-order valence-electron chi connectivity index (χ2n) is 5.70. The van der Waals surface area contributed by atoms with Crippen LogP contribution >= 0.6 is 11.6 Å². The molecule has 0 saturated heterocycles. The summed E-state index contributed by atoms with van der Waals surface area (Å²) in [5, 5.41) is 11.1. The van der Waals surface area contributed by atoms with E-state index in [0.717, 1.165) is 22.0 Å². The van der Waals surface area contributed by atoms with E-state index in [1.54, 1.807) is 12.3 Å². The smallest absolute Gasteiger partial charge is 0.248 e. The van der Waals surface area contributed by atoms with Crippen molar-refractivity contribution in [3.63, 3.8) is 0 Å². The van der Waals surface area contributed by atoms with Crippen molar-refractivity contribution >= 4 is 33.5 Å². The third kappa shape index (κ3) is 2.58. The van der Waals surface area contributed by atoms with Gasteiger partial charge in [-0.05, 0) is 29.8 Å². The maximum Gasteiger partial charge on any atom is 0.248 e. The first kappa shape index (κ1) is 14.9. The lowest BCUT2D eigenvalue weighted by atomic mass is 10.1. The van der Waals surface area contributed by atoms with Crippen molar-refractivity contribution in [3.8, 4) is 0 Å². The van der Waals surface area contributed by atoms with E-state index in [-0.39, 0.29) is 12.2 Å². The van der Waals surface area contributed by atoms with E-state index >= 15 is 0 Å². The van der Waals surface area contributed by atoms with Gasteiger partial charge in [0, 0.05) is 36.0 Å². The van der Waals surface area contributed by atoms with Crippen LogP contribution in [0.15, 0.2) is 53.6 Å². The van der Waals surface area contributed by atoms with Crippen LogP contribution in [0.2, 0.25) is 5.02 Å². The highest BCUT2D eigenvalue weighted by Gasteiger charge is 2.09. The monoisotopic (exact) mass is 339 g/mol. The number of aliphatic hydroxyl groups is 1. The summed E-state index contributed by atoms with van der Waals surface area (Å²) in [6.45, 7) is 0.492. The Hall–Kier alpha value is -2.63. The number of aliphatic hydroxyl groups excluding tert-OH is 1. The molecular weight excluding hydrogens is 326 g/mol. The molecule has 4 aromatic rings. The molecular formula is C18H14ClN3O2. The number of benzene rings is 1.